The first-order chi connectivity index (χ1) is 7.36. The van der Waals surface area contributed by atoms with E-state index in [1.807, 2.05) is 28.2 Å². The molecule has 3 N–H and O–H groups in total. The van der Waals surface area contributed by atoms with Crippen LogP contribution in [0.25, 0.3) is 0 Å². The van der Waals surface area contributed by atoms with Crippen LogP contribution in [0.15, 0.2) is 0 Å². The van der Waals surface area contributed by atoms with Crippen LogP contribution in [0.5, 0.6) is 0 Å². The van der Waals surface area contributed by atoms with E-state index in [0.29, 0.717) is 5.96 Å². The summed E-state index contributed by atoms with van der Waals surface area (Å²) in [4.78, 5) is 13.6. The quantitative estimate of drug-likeness (QED) is 0.432. The lowest BCUT2D eigenvalue weighted by atomic mass is 10.2. The Bertz CT molecular complexity index is 225. The van der Waals surface area contributed by atoms with Crippen molar-refractivity contribution in [1.82, 2.24) is 15.1 Å². The van der Waals surface area contributed by atoms with Crippen LogP contribution in [-0.4, -0.2) is 67.6 Å². The summed E-state index contributed by atoms with van der Waals surface area (Å²) >= 11 is 0. The Kier molecular flexibility index (Phi) is 6.48. The Morgan fingerprint density at radius 3 is 1.94 bits per heavy atom. The van der Waals surface area contributed by atoms with Crippen molar-refractivity contribution < 1.29 is 9.90 Å². The molecule has 1 heterocycles. The molecular formula is C10H22N4O2. The van der Waals surface area contributed by atoms with Crippen LogP contribution >= 0.6 is 0 Å². The highest BCUT2D eigenvalue weighted by molar-refractivity contribution is 5.75. The third-order valence-corrected chi connectivity index (χ3v) is 2.21. The lowest BCUT2D eigenvalue weighted by Crippen LogP contribution is -2.34. The van der Waals surface area contributed by atoms with E-state index in [0.717, 1.165) is 19.4 Å². The molecule has 0 aromatic rings. The van der Waals surface area contributed by atoms with E-state index < -0.39 is 5.97 Å². The van der Waals surface area contributed by atoms with E-state index in [1.165, 1.54) is 0 Å². The van der Waals surface area contributed by atoms with Crippen LogP contribution in [-0.2, 0) is 4.79 Å². The van der Waals surface area contributed by atoms with Crippen molar-refractivity contribution in [3.05, 3.63) is 0 Å². The topological polar surface area (TPSA) is 79.7 Å². The summed E-state index contributed by atoms with van der Waals surface area (Å²) in [5, 5.41) is 18.5. The zero-order valence-corrected chi connectivity index (χ0v) is 10.4. The van der Waals surface area contributed by atoms with Gasteiger partial charge in [-0.05, 0) is 19.4 Å². The number of nitrogens with one attached hydrogen (secondary N) is 2. The molecule has 0 bridgehead atoms. The summed E-state index contributed by atoms with van der Waals surface area (Å²) < 4.78 is 0. The largest absolute Gasteiger partial charge is 0.480 e. The standard InChI is InChI=1S/C5H13N3.C5H9NO2/c1-7(2)5(6)8(3)4;7-5(8)4-2-1-3-6-4/h6H,1-4H3;4,6H,1-3H2,(H,7,8)/t;4-/m.0/s1. The molecule has 0 aromatic carbocycles. The van der Waals surface area contributed by atoms with Crippen molar-refractivity contribution in [1.29, 1.82) is 5.41 Å². The summed E-state index contributed by atoms with van der Waals surface area (Å²) in [6.45, 7) is 0.858. The molecule has 0 unspecified atom stereocenters. The maximum Gasteiger partial charge on any atom is 0.320 e. The Morgan fingerprint density at radius 1 is 1.31 bits per heavy atom. The summed E-state index contributed by atoms with van der Waals surface area (Å²) in [5.41, 5.74) is 0. The third kappa shape index (κ3) is 5.55. The van der Waals surface area contributed by atoms with Gasteiger partial charge in [-0.3, -0.25) is 10.2 Å². The van der Waals surface area contributed by atoms with Crippen molar-refractivity contribution in [2.45, 2.75) is 18.9 Å². The Morgan fingerprint density at radius 2 is 1.81 bits per heavy atom. The highest BCUT2D eigenvalue weighted by Crippen LogP contribution is 2.03. The first kappa shape index (κ1) is 14.7. The van der Waals surface area contributed by atoms with Crippen LogP contribution in [0.4, 0.5) is 0 Å². The molecule has 1 fully saturated rings. The Hall–Kier alpha value is -1.30. The van der Waals surface area contributed by atoms with Crippen molar-refractivity contribution >= 4 is 11.9 Å². The molecule has 1 aliphatic heterocycles. The van der Waals surface area contributed by atoms with Gasteiger partial charge >= 0.3 is 5.97 Å². The number of hydrogen-bond donors (Lipinski definition) is 3. The SMILES string of the molecule is CN(C)C(=N)N(C)C.O=C(O)[C@@H]1CCCN1. The fourth-order valence-electron chi connectivity index (χ4n) is 1.30. The van der Waals surface area contributed by atoms with Crippen molar-refractivity contribution in [2.75, 3.05) is 34.7 Å². The number of rotatable bonds is 1. The molecule has 1 rings (SSSR count). The van der Waals surface area contributed by atoms with Crippen LogP contribution in [0.2, 0.25) is 0 Å². The van der Waals surface area contributed by atoms with Gasteiger partial charge < -0.3 is 20.2 Å². The second-order valence-corrected chi connectivity index (χ2v) is 4.10. The van der Waals surface area contributed by atoms with Crippen LogP contribution < -0.4 is 5.32 Å². The third-order valence-electron chi connectivity index (χ3n) is 2.21. The second-order valence-electron chi connectivity index (χ2n) is 4.10. The first-order valence-electron chi connectivity index (χ1n) is 5.25. The number of nitrogens with zero attached hydrogens (tertiary/aromatic N) is 2. The van der Waals surface area contributed by atoms with E-state index in [4.69, 9.17) is 10.5 Å². The van der Waals surface area contributed by atoms with Gasteiger partial charge in [0.2, 0.25) is 0 Å². The lowest BCUT2D eigenvalue weighted by Gasteiger charge is -2.19. The van der Waals surface area contributed by atoms with Gasteiger partial charge in [-0.2, -0.15) is 0 Å². The van der Waals surface area contributed by atoms with Gasteiger partial charge in [-0.1, -0.05) is 0 Å². The van der Waals surface area contributed by atoms with Gasteiger partial charge in [0.1, 0.15) is 6.04 Å². The predicted octanol–water partition coefficient (Wildman–Crippen LogP) is -0.133. The first-order valence-corrected chi connectivity index (χ1v) is 5.25. The summed E-state index contributed by atoms with van der Waals surface area (Å²) in [5.74, 6) is -0.201. The summed E-state index contributed by atoms with van der Waals surface area (Å²) in [6.07, 6.45) is 1.78. The minimum absolute atomic E-state index is 0.269. The molecule has 1 saturated heterocycles. The molecule has 0 amide bonds. The highest BCUT2D eigenvalue weighted by Gasteiger charge is 2.20. The summed E-state index contributed by atoms with van der Waals surface area (Å²) in [6, 6.07) is -0.269. The van der Waals surface area contributed by atoms with Crippen molar-refractivity contribution in [2.24, 2.45) is 0 Å². The van der Waals surface area contributed by atoms with Crippen LogP contribution in [0.1, 0.15) is 12.8 Å². The van der Waals surface area contributed by atoms with Gasteiger partial charge in [0.25, 0.3) is 0 Å². The Labute approximate surface area is 96.7 Å². The Balaban J connectivity index is 0.000000281. The molecule has 0 saturated carbocycles. The molecule has 6 nitrogen and oxygen atoms in total. The average molecular weight is 230 g/mol. The number of aliphatic carboxylic acids is 1. The van der Waals surface area contributed by atoms with E-state index in [1.54, 1.807) is 9.80 Å². The number of carboxylic acids is 1. The van der Waals surface area contributed by atoms with Crippen molar-refractivity contribution in [3.8, 4) is 0 Å². The lowest BCUT2D eigenvalue weighted by molar-refractivity contribution is -0.139. The van der Waals surface area contributed by atoms with Gasteiger partial charge in [-0.25, -0.2) is 0 Å². The molecule has 94 valence electrons. The number of carboxylic acid groups (broad SMARTS) is 1. The number of carbonyl (C=O) groups is 1. The molecule has 16 heavy (non-hydrogen) atoms. The second kappa shape index (κ2) is 7.05. The normalized spacial score (nSPS) is 18.4. The average Bonchev–Trinajstić information content (AvgIpc) is 2.70. The molecule has 0 radical (unpaired) electrons. The van der Waals surface area contributed by atoms with Gasteiger partial charge in [0.05, 0.1) is 0 Å². The number of hydrogen-bond acceptors (Lipinski definition) is 3. The van der Waals surface area contributed by atoms with Crippen LogP contribution in [0.3, 0.4) is 0 Å². The molecule has 6 heteroatoms. The van der Waals surface area contributed by atoms with E-state index >= 15 is 0 Å². The zero-order valence-electron chi connectivity index (χ0n) is 10.4. The minimum atomic E-state index is -0.720. The number of guanidine groups is 1. The molecule has 1 aliphatic rings. The fraction of sp³-hybridized carbons (Fsp3) is 0.800. The summed E-state index contributed by atoms with van der Waals surface area (Å²) in [7, 11) is 7.40. The van der Waals surface area contributed by atoms with Gasteiger partial charge in [-0.15, -0.1) is 0 Å². The maximum absolute atomic E-state index is 10.1. The van der Waals surface area contributed by atoms with E-state index in [9.17, 15) is 4.79 Å². The minimum Gasteiger partial charge on any atom is -0.480 e. The predicted molar refractivity (Wildman–Crippen MR) is 63.8 cm³/mol. The molecule has 0 aromatic heterocycles. The molecule has 0 aliphatic carbocycles. The zero-order chi connectivity index (χ0) is 12.7. The van der Waals surface area contributed by atoms with Crippen LogP contribution in [0, 0.1) is 5.41 Å². The molecule has 1 atom stereocenters. The van der Waals surface area contributed by atoms with Gasteiger partial charge in [0, 0.05) is 28.2 Å². The highest BCUT2D eigenvalue weighted by atomic mass is 16.4. The molecular weight excluding hydrogens is 208 g/mol. The smallest absolute Gasteiger partial charge is 0.320 e. The maximum atomic E-state index is 10.1. The van der Waals surface area contributed by atoms with Crippen molar-refractivity contribution in [3.63, 3.8) is 0 Å². The monoisotopic (exact) mass is 230 g/mol. The van der Waals surface area contributed by atoms with Gasteiger partial charge in [0.15, 0.2) is 5.96 Å². The fourth-order valence-corrected chi connectivity index (χ4v) is 1.30. The van der Waals surface area contributed by atoms with E-state index in [2.05, 4.69) is 5.32 Å². The van der Waals surface area contributed by atoms with E-state index in [-0.39, 0.29) is 6.04 Å². The molecule has 0 spiro atoms.